The van der Waals surface area contributed by atoms with E-state index in [2.05, 4.69) is 9.97 Å². The topological polar surface area (TPSA) is 78.1 Å². The Kier molecular flexibility index (Phi) is 4.91. The zero-order valence-electron chi connectivity index (χ0n) is 12.5. The molecule has 0 spiro atoms. The fourth-order valence-corrected chi connectivity index (χ4v) is 2.88. The first kappa shape index (κ1) is 17.2. The van der Waals surface area contributed by atoms with Crippen molar-refractivity contribution in [3.63, 3.8) is 0 Å². The van der Waals surface area contributed by atoms with Crippen LogP contribution in [0.15, 0.2) is 35.8 Å². The lowest BCUT2D eigenvalue weighted by Crippen LogP contribution is -2.17. The van der Waals surface area contributed by atoms with Crippen molar-refractivity contribution in [2.75, 3.05) is 0 Å². The zero-order chi connectivity index (χ0) is 18.0. The van der Waals surface area contributed by atoms with Gasteiger partial charge in [-0.05, 0) is 12.1 Å². The van der Waals surface area contributed by atoms with Gasteiger partial charge in [-0.2, -0.15) is 0 Å². The second kappa shape index (κ2) is 7.12. The third-order valence-electron chi connectivity index (χ3n) is 3.21. The molecule has 0 fully saturated rings. The van der Waals surface area contributed by atoms with Gasteiger partial charge in [0, 0.05) is 16.0 Å². The van der Waals surface area contributed by atoms with Crippen LogP contribution in [0.1, 0.15) is 15.4 Å². The number of hydrogen-bond donors (Lipinski definition) is 1. The molecule has 0 aliphatic carbocycles. The molecule has 0 aliphatic rings. The molecule has 2 heterocycles. The Bertz CT molecular complexity index is 932. The lowest BCUT2D eigenvalue weighted by Gasteiger charge is -2.07. The van der Waals surface area contributed by atoms with Crippen LogP contribution in [0.4, 0.5) is 8.78 Å². The Hall–Kier alpha value is -2.58. The molecule has 1 aromatic carbocycles. The van der Waals surface area contributed by atoms with Gasteiger partial charge in [0.2, 0.25) is 5.82 Å². The van der Waals surface area contributed by atoms with E-state index in [1.165, 1.54) is 11.3 Å². The summed E-state index contributed by atoms with van der Waals surface area (Å²) in [4.78, 5) is 18.9. The molecule has 3 aromatic rings. The monoisotopic (exact) mass is 381 g/mol. The third kappa shape index (κ3) is 3.75. The molecule has 0 saturated heterocycles. The van der Waals surface area contributed by atoms with Crippen molar-refractivity contribution in [2.24, 2.45) is 5.73 Å². The molecule has 2 aromatic heterocycles. The molecule has 0 saturated carbocycles. The first-order valence-corrected chi connectivity index (χ1v) is 8.18. The molecule has 0 atom stereocenters. The number of pyridine rings is 1. The summed E-state index contributed by atoms with van der Waals surface area (Å²) >= 11 is 7.15. The Morgan fingerprint density at radius 1 is 1.28 bits per heavy atom. The Balaban J connectivity index is 1.76. The van der Waals surface area contributed by atoms with Crippen LogP contribution in [0.25, 0.3) is 11.3 Å². The predicted molar refractivity (Wildman–Crippen MR) is 89.6 cm³/mol. The third-order valence-corrected chi connectivity index (χ3v) is 4.29. The van der Waals surface area contributed by atoms with Crippen LogP contribution in [-0.2, 0) is 6.61 Å². The van der Waals surface area contributed by atoms with Crippen molar-refractivity contribution in [1.82, 2.24) is 9.97 Å². The van der Waals surface area contributed by atoms with Crippen LogP contribution in [0.5, 0.6) is 5.88 Å². The van der Waals surface area contributed by atoms with Crippen LogP contribution in [0.3, 0.4) is 0 Å². The van der Waals surface area contributed by atoms with E-state index in [0.717, 1.165) is 5.56 Å². The summed E-state index contributed by atoms with van der Waals surface area (Å²) in [5, 5.41) is 2.98. The maximum atomic E-state index is 14.0. The van der Waals surface area contributed by atoms with Gasteiger partial charge in [-0.15, -0.1) is 11.3 Å². The molecular weight excluding hydrogens is 372 g/mol. The number of carbonyl (C=O) groups is 1. The number of halogens is 3. The van der Waals surface area contributed by atoms with E-state index < -0.39 is 29.0 Å². The first-order valence-electron chi connectivity index (χ1n) is 6.92. The summed E-state index contributed by atoms with van der Waals surface area (Å²) in [6.07, 6.45) is 0.680. The maximum absolute atomic E-state index is 14.0. The fraction of sp³-hybridized carbons (Fsp3) is 0.0625. The molecule has 1 amide bonds. The van der Waals surface area contributed by atoms with Gasteiger partial charge in [0.05, 0.1) is 11.9 Å². The minimum Gasteiger partial charge on any atom is -0.468 e. The molecule has 2 N–H and O–H groups in total. The number of carbonyl (C=O) groups excluding carboxylic acids is 1. The van der Waals surface area contributed by atoms with Crippen molar-refractivity contribution >= 4 is 28.8 Å². The van der Waals surface area contributed by atoms with E-state index in [4.69, 9.17) is 22.1 Å². The number of primary amides is 1. The minimum atomic E-state index is -1.23. The molecule has 0 bridgehead atoms. The van der Waals surface area contributed by atoms with Crippen LogP contribution < -0.4 is 10.5 Å². The van der Waals surface area contributed by atoms with E-state index in [1.807, 2.05) is 17.5 Å². The van der Waals surface area contributed by atoms with Gasteiger partial charge in [0.1, 0.15) is 17.2 Å². The minimum absolute atomic E-state index is 0.0913. The number of aromatic nitrogens is 2. The number of benzene rings is 1. The average Bonchev–Trinajstić information content (AvgIpc) is 3.03. The van der Waals surface area contributed by atoms with E-state index in [0.29, 0.717) is 21.9 Å². The highest BCUT2D eigenvalue weighted by molar-refractivity contribution is 7.09. The van der Waals surface area contributed by atoms with E-state index in [9.17, 15) is 13.6 Å². The van der Waals surface area contributed by atoms with Gasteiger partial charge >= 0.3 is 0 Å². The molecule has 5 nitrogen and oxygen atoms in total. The van der Waals surface area contributed by atoms with Crippen molar-refractivity contribution in [1.29, 1.82) is 0 Å². The van der Waals surface area contributed by atoms with E-state index >= 15 is 0 Å². The molecule has 0 aliphatic heterocycles. The van der Waals surface area contributed by atoms with Crippen molar-refractivity contribution in [2.45, 2.75) is 6.61 Å². The number of hydrogen-bond acceptors (Lipinski definition) is 5. The number of amides is 1. The second-order valence-electron chi connectivity index (χ2n) is 4.89. The van der Waals surface area contributed by atoms with Gasteiger partial charge in [0.15, 0.2) is 5.82 Å². The molecule has 0 radical (unpaired) electrons. The average molecular weight is 382 g/mol. The van der Waals surface area contributed by atoms with Crippen LogP contribution in [-0.4, -0.2) is 15.9 Å². The van der Waals surface area contributed by atoms with E-state index in [-0.39, 0.29) is 6.61 Å². The van der Waals surface area contributed by atoms with E-state index in [1.54, 1.807) is 12.1 Å². The first-order chi connectivity index (χ1) is 12.0. The smallest absolute Gasteiger partial charge is 0.254 e. The lowest BCUT2D eigenvalue weighted by molar-refractivity contribution is 0.0990. The molecule has 0 unspecified atom stereocenters. The Morgan fingerprint density at radius 2 is 2.00 bits per heavy atom. The molecule has 9 heteroatoms. The number of ether oxygens (including phenoxy) is 1. The van der Waals surface area contributed by atoms with Crippen LogP contribution >= 0.6 is 22.9 Å². The second-order valence-corrected chi connectivity index (χ2v) is 6.27. The summed E-state index contributed by atoms with van der Waals surface area (Å²) in [5.74, 6) is -4.13. The summed E-state index contributed by atoms with van der Waals surface area (Å²) < 4.78 is 32.6. The zero-order valence-corrected chi connectivity index (χ0v) is 14.1. The maximum Gasteiger partial charge on any atom is 0.254 e. The fourth-order valence-electron chi connectivity index (χ4n) is 2.04. The Morgan fingerprint density at radius 3 is 2.68 bits per heavy atom. The van der Waals surface area contributed by atoms with Gasteiger partial charge in [-0.25, -0.2) is 18.7 Å². The normalized spacial score (nSPS) is 10.7. The van der Waals surface area contributed by atoms with Gasteiger partial charge in [-0.1, -0.05) is 23.7 Å². The number of nitrogens with two attached hydrogens (primary N) is 1. The van der Waals surface area contributed by atoms with Crippen molar-refractivity contribution in [3.8, 4) is 17.1 Å². The van der Waals surface area contributed by atoms with Gasteiger partial charge in [0.25, 0.3) is 11.8 Å². The largest absolute Gasteiger partial charge is 0.468 e. The van der Waals surface area contributed by atoms with Crippen molar-refractivity contribution < 1.29 is 18.3 Å². The molecule has 25 heavy (non-hydrogen) atoms. The summed E-state index contributed by atoms with van der Waals surface area (Å²) in [5.41, 5.74) is 5.65. The van der Waals surface area contributed by atoms with Gasteiger partial charge < -0.3 is 10.5 Å². The SMILES string of the molecule is NC(=O)c1c(F)cnc(OCc2nc(-c3ccc(Cl)cc3)cs2)c1F. The summed E-state index contributed by atoms with van der Waals surface area (Å²) in [7, 11) is 0. The van der Waals surface area contributed by atoms with Crippen LogP contribution in [0.2, 0.25) is 5.02 Å². The number of rotatable bonds is 5. The quantitative estimate of drug-likeness (QED) is 0.728. The molecule has 3 rings (SSSR count). The lowest BCUT2D eigenvalue weighted by atomic mass is 10.2. The van der Waals surface area contributed by atoms with Gasteiger partial charge in [-0.3, -0.25) is 4.79 Å². The highest BCUT2D eigenvalue weighted by Crippen LogP contribution is 2.25. The highest BCUT2D eigenvalue weighted by atomic mass is 35.5. The Labute approximate surface area is 150 Å². The summed E-state index contributed by atoms with van der Waals surface area (Å²) in [6, 6.07) is 7.13. The standard InChI is InChI=1S/C16H10ClF2N3O2S/c17-9-3-1-8(2-4-9)11-7-25-12(22-11)6-24-16-14(19)13(15(20)23)10(18)5-21-16/h1-5,7H,6H2,(H2,20,23). The number of nitrogens with zero attached hydrogens (tertiary/aromatic N) is 2. The van der Waals surface area contributed by atoms with Crippen LogP contribution in [0, 0.1) is 11.6 Å². The predicted octanol–water partition coefficient (Wildman–Crippen LogP) is 3.81. The highest BCUT2D eigenvalue weighted by Gasteiger charge is 2.21. The molecule has 128 valence electrons. The number of thiazole rings is 1. The molecular formula is C16H10ClF2N3O2S. The summed E-state index contributed by atoms with van der Waals surface area (Å²) in [6.45, 7) is -0.0913. The van der Waals surface area contributed by atoms with Crippen molar-refractivity contribution in [3.05, 3.63) is 63.1 Å².